The maximum atomic E-state index is 12.0. The van der Waals surface area contributed by atoms with Crippen molar-refractivity contribution in [1.29, 1.82) is 0 Å². The molecule has 0 aliphatic rings. The fraction of sp³-hybridized carbons (Fsp3) is 0.429. The number of benzene rings is 1. The molecule has 1 aromatic rings. The Morgan fingerprint density at radius 2 is 2.00 bits per heavy atom. The van der Waals surface area contributed by atoms with Crippen LogP contribution >= 0.6 is 15.9 Å². The number of halogens is 1. The van der Waals surface area contributed by atoms with Crippen molar-refractivity contribution in [3.05, 3.63) is 28.2 Å². The highest BCUT2D eigenvalue weighted by molar-refractivity contribution is 9.10. The van der Waals surface area contributed by atoms with Crippen LogP contribution in [-0.4, -0.2) is 35.8 Å². The Labute approximate surface area is 127 Å². The lowest BCUT2D eigenvalue weighted by Gasteiger charge is -2.24. The minimum atomic E-state index is -0.442. The lowest BCUT2D eigenvalue weighted by Crippen LogP contribution is -2.43. The number of carbonyl (C=O) groups is 2. The van der Waals surface area contributed by atoms with E-state index in [4.69, 9.17) is 5.73 Å². The van der Waals surface area contributed by atoms with E-state index in [9.17, 15) is 9.59 Å². The van der Waals surface area contributed by atoms with Crippen molar-refractivity contribution in [2.45, 2.75) is 26.8 Å². The van der Waals surface area contributed by atoms with Crippen molar-refractivity contribution in [2.24, 2.45) is 5.73 Å². The predicted octanol–water partition coefficient (Wildman–Crippen LogP) is 1.89. The standard InChI is InChI=1S/C14H20BrN3O2/c1-9(2)18(7-13(16)19)8-14(20)17-12-5-4-10(3)6-11(12)15/h4-6,9H,7-8H2,1-3H3,(H2,16,19)(H,17,20). The molecule has 0 unspecified atom stereocenters. The van der Waals surface area contributed by atoms with Crippen molar-refractivity contribution >= 4 is 33.4 Å². The smallest absolute Gasteiger partial charge is 0.238 e. The van der Waals surface area contributed by atoms with Crippen LogP contribution in [0.4, 0.5) is 5.69 Å². The van der Waals surface area contributed by atoms with Gasteiger partial charge >= 0.3 is 0 Å². The number of hydrogen-bond donors (Lipinski definition) is 2. The number of nitrogens with zero attached hydrogens (tertiary/aromatic N) is 1. The van der Waals surface area contributed by atoms with E-state index in [0.717, 1.165) is 10.0 Å². The van der Waals surface area contributed by atoms with Crippen molar-refractivity contribution in [2.75, 3.05) is 18.4 Å². The number of amides is 2. The second kappa shape index (κ2) is 7.40. The molecular weight excluding hydrogens is 322 g/mol. The molecule has 0 saturated carbocycles. The molecule has 110 valence electrons. The van der Waals surface area contributed by atoms with E-state index in [2.05, 4.69) is 21.2 Å². The Hall–Kier alpha value is -1.40. The van der Waals surface area contributed by atoms with Crippen molar-refractivity contribution in [1.82, 2.24) is 4.90 Å². The summed E-state index contributed by atoms with van der Waals surface area (Å²) in [6.45, 7) is 6.00. The third-order valence-corrected chi connectivity index (χ3v) is 3.49. The Morgan fingerprint density at radius 1 is 1.35 bits per heavy atom. The van der Waals surface area contributed by atoms with Gasteiger partial charge in [-0.15, -0.1) is 0 Å². The molecule has 20 heavy (non-hydrogen) atoms. The van der Waals surface area contributed by atoms with E-state index >= 15 is 0 Å². The predicted molar refractivity (Wildman–Crippen MR) is 83.4 cm³/mol. The van der Waals surface area contributed by atoms with Crippen molar-refractivity contribution < 1.29 is 9.59 Å². The summed E-state index contributed by atoms with van der Waals surface area (Å²) < 4.78 is 0.830. The molecule has 0 heterocycles. The van der Waals surface area contributed by atoms with E-state index < -0.39 is 5.91 Å². The highest BCUT2D eigenvalue weighted by atomic mass is 79.9. The zero-order valence-corrected chi connectivity index (χ0v) is 13.5. The lowest BCUT2D eigenvalue weighted by molar-refractivity contribution is -0.121. The Kier molecular flexibility index (Phi) is 6.16. The van der Waals surface area contributed by atoms with Gasteiger partial charge in [0.15, 0.2) is 0 Å². The van der Waals surface area contributed by atoms with Crippen molar-refractivity contribution in [3.63, 3.8) is 0 Å². The normalized spacial score (nSPS) is 10.9. The molecule has 0 fully saturated rings. The lowest BCUT2D eigenvalue weighted by atomic mass is 10.2. The molecule has 0 spiro atoms. The van der Waals surface area contributed by atoms with E-state index in [-0.39, 0.29) is 25.0 Å². The molecular formula is C14H20BrN3O2. The number of carbonyl (C=O) groups excluding carboxylic acids is 2. The summed E-state index contributed by atoms with van der Waals surface area (Å²) in [6, 6.07) is 5.75. The molecule has 0 aromatic heterocycles. The molecule has 1 aromatic carbocycles. The number of aryl methyl sites for hydroxylation is 1. The third-order valence-electron chi connectivity index (χ3n) is 2.83. The van der Waals surface area contributed by atoms with E-state index in [1.165, 1.54) is 0 Å². The first-order valence-electron chi connectivity index (χ1n) is 6.38. The summed E-state index contributed by atoms with van der Waals surface area (Å²) in [4.78, 5) is 24.7. The fourth-order valence-electron chi connectivity index (χ4n) is 1.72. The molecule has 0 atom stereocenters. The molecule has 3 N–H and O–H groups in total. The van der Waals surface area contributed by atoms with Gasteiger partial charge in [-0.05, 0) is 54.4 Å². The SMILES string of the molecule is Cc1ccc(NC(=O)CN(CC(N)=O)C(C)C)c(Br)c1. The minimum Gasteiger partial charge on any atom is -0.369 e. The average Bonchev–Trinajstić information content (AvgIpc) is 2.31. The first-order chi connectivity index (χ1) is 9.29. The van der Waals surface area contributed by atoms with Crippen LogP contribution in [0.3, 0.4) is 0 Å². The van der Waals surface area contributed by atoms with E-state index in [1.54, 1.807) is 4.90 Å². The van der Waals surface area contributed by atoms with Gasteiger partial charge < -0.3 is 11.1 Å². The fourth-order valence-corrected chi connectivity index (χ4v) is 2.31. The largest absolute Gasteiger partial charge is 0.369 e. The van der Waals surface area contributed by atoms with E-state index in [0.29, 0.717) is 5.69 Å². The second-order valence-electron chi connectivity index (χ2n) is 5.00. The summed E-state index contributed by atoms with van der Waals surface area (Å²) in [5.74, 6) is -0.618. The van der Waals surface area contributed by atoms with Crippen LogP contribution in [0.2, 0.25) is 0 Å². The highest BCUT2D eigenvalue weighted by Gasteiger charge is 2.16. The molecule has 0 radical (unpaired) electrons. The van der Waals surface area contributed by atoms with Gasteiger partial charge in [-0.3, -0.25) is 14.5 Å². The Bertz CT molecular complexity index is 503. The van der Waals surface area contributed by atoms with Gasteiger partial charge in [0.05, 0.1) is 18.8 Å². The number of anilines is 1. The zero-order chi connectivity index (χ0) is 15.3. The Balaban J connectivity index is 2.68. The van der Waals surface area contributed by atoms with Crippen LogP contribution in [-0.2, 0) is 9.59 Å². The number of rotatable bonds is 6. The number of hydrogen-bond acceptors (Lipinski definition) is 3. The van der Waals surface area contributed by atoms with Gasteiger partial charge in [0.1, 0.15) is 0 Å². The first-order valence-corrected chi connectivity index (χ1v) is 7.17. The number of nitrogens with one attached hydrogen (secondary N) is 1. The monoisotopic (exact) mass is 341 g/mol. The highest BCUT2D eigenvalue weighted by Crippen LogP contribution is 2.23. The van der Waals surface area contributed by atoms with Crippen LogP contribution < -0.4 is 11.1 Å². The molecule has 0 saturated heterocycles. The van der Waals surface area contributed by atoms with E-state index in [1.807, 2.05) is 39.0 Å². The van der Waals surface area contributed by atoms with Crippen LogP contribution in [0.1, 0.15) is 19.4 Å². The maximum absolute atomic E-state index is 12.0. The van der Waals surface area contributed by atoms with Crippen LogP contribution in [0.25, 0.3) is 0 Å². The second-order valence-corrected chi connectivity index (χ2v) is 5.85. The molecule has 0 bridgehead atoms. The molecule has 2 amide bonds. The molecule has 5 nitrogen and oxygen atoms in total. The average molecular weight is 342 g/mol. The van der Waals surface area contributed by atoms with Crippen LogP contribution in [0.15, 0.2) is 22.7 Å². The van der Waals surface area contributed by atoms with Crippen LogP contribution in [0, 0.1) is 6.92 Å². The van der Waals surface area contributed by atoms with Gasteiger partial charge in [-0.2, -0.15) is 0 Å². The molecule has 0 aliphatic heterocycles. The Morgan fingerprint density at radius 3 is 2.50 bits per heavy atom. The summed E-state index contributed by atoms with van der Waals surface area (Å²) in [7, 11) is 0. The van der Waals surface area contributed by atoms with Crippen LogP contribution in [0.5, 0.6) is 0 Å². The quantitative estimate of drug-likeness (QED) is 0.829. The van der Waals surface area contributed by atoms with Gasteiger partial charge in [-0.25, -0.2) is 0 Å². The maximum Gasteiger partial charge on any atom is 0.238 e. The summed E-state index contributed by atoms with van der Waals surface area (Å²) in [5.41, 5.74) is 7.00. The number of primary amides is 1. The van der Waals surface area contributed by atoms with Gasteiger partial charge in [0.2, 0.25) is 11.8 Å². The van der Waals surface area contributed by atoms with Crippen molar-refractivity contribution in [3.8, 4) is 0 Å². The topological polar surface area (TPSA) is 75.4 Å². The summed E-state index contributed by atoms with van der Waals surface area (Å²) in [5, 5.41) is 2.82. The molecule has 6 heteroatoms. The summed E-state index contributed by atoms with van der Waals surface area (Å²) >= 11 is 3.41. The minimum absolute atomic E-state index is 0.0645. The summed E-state index contributed by atoms with van der Waals surface area (Å²) in [6.07, 6.45) is 0. The molecule has 1 rings (SSSR count). The van der Waals surface area contributed by atoms with Gasteiger partial charge in [-0.1, -0.05) is 6.07 Å². The number of nitrogens with two attached hydrogens (primary N) is 1. The third kappa shape index (κ3) is 5.30. The first kappa shape index (κ1) is 16.7. The van der Waals surface area contributed by atoms with Gasteiger partial charge in [0.25, 0.3) is 0 Å². The zero-order valence-electron chi connectivity index (χ0n) is 11.9. The molecule has 0 aliphatic carbocycles. The van der Waals surface area contributed by atoms with Gasteiger partial charge in [0, 0.05) is 10.5 Å².